The van der Waals surface area contributed by atoms with E-state index in [4.69, 9.17) is 5.10 Å². The summed E-state index contributed by atoms with van der Waals surface area (Å²) in [5.74, 6) is 0.0490. The molecule has 4 rings (SSSR count). The van der Waals surface area contributed by atoms with Crippen molar-refractivity contribution in [1.29, 1.82) is 0 Å². The van der Waals surface area contributed by atoms with Crippen molar-refractivity contribution in [2.24, 2.45) is 5.10 Å². The fourth-order valence-corrected chi connectivity index (χ4v) is 4.98. The number of aryl methyl sites for hydroxylation is 2. The first-order valence-electron chi connectivity index (χ1n) is 10.3. The summed E-state index contributed by atoms with van der Waals surface area (Å²) in [6.07, 6.45) is 2.33. The van der Waals surface area contributed by atoms with Gasteiger partial charge >= 0.3 is 0 Å². The van der Waals surface area contributed by atoms with Gasteiger partial charge in [-0.3, -0.25) is 9.59 Å². The maximum atomic E-state index is 13.2. The second-order valence-corrected chi connectivity index (χ2v) is 9.39. The van der Waals surface area contributed by atoms with Crippen LogP contribution >= 0.6 is 23.1 Å². The third kappa shape index (κ3) is 5.14. The molecule has 1 aromatic carbocycles. The maximum absolute atomic E-state index is 13.2. The van der Waals surface area contributed by atoms with Gasteiger partial charge in [0.1, 0.15) is 0 Å². The minimum absolute atomic E-state index is 0.106. The number of hydrogen-bond donors (Lipinski definition) is 1. The van der Waals surface area contributed by atoms with Crippen LogP contribution in [-0.2, 0) is 11.2 Å². The van der Waals surface area contributed by atoms with Crippen LogP contribution in [0, 0.1) is 6.92 Å². The van der Waals surface area contributed by atoms with Crippen molar-refractivity contribution < 1.29 is 4.79 Å². The van der Waals surface area contributed by atoms with Gasteiger partial charge in [0, 0.05) is 18.2 Å². The molecular formula is C23H24N4O2S2. The summed E-state index contributed by atoms with van der Waals surface area (Å²) < 4.78 is 0. The van der Waals surface area contributed by atoms with Gasteiger partial charge in [0.15, 0.2) is 5.16 Å². The normalized spacial score (nSPS) is 15.9. The monoisotopic (exact) mass is 452 g/mol. The molecular weight excluding hydrogens is 428 g/mol. The van der Waals surface area contributed by atoms with Crippen molar-refractivity contribution in [3.63, 3.8) is 0 Å². The highest BCUT2D eigenvalue weighted by Gasteiger charge is 2.33. The Balaban J connectivity index is 1.54. The number of aromatic nitrogens is 2. The minimum atomic E-state index is -0.190. The highest BCUT2D eigenvalue weighted by Crippen LogP contribution is 2.34. The van der Waals surface area contributed by atoms with Crippen LogP contribution in [0.25, 0.3) is 0 Å². The smallest absolute Gasteiger partial charge is 0.253 e. The molecule has 6 nitrogen and oxygen atoms in total. The number of amides is 1. The fraction of sp³-hybridized carbons (Fsp3) is 0.304. The number of hydrogen-bond acceptors (Lipinski definition) is 6. The molecule has 2 aromatic heterocycles. The van der Waals surface area contributed by atoms with Crippen LogP contribution in [0.4, 0.5) is 0 Å². The number of nitrogens with one attached hydrogen (secondary N) is 1. The first-order chi connectivity index (χ1) is 15.0. The van der Waals surface area contributed by atoms with Gasteiger partial charge in [0.05, 0.1) is 22.4 Å². The van der Waals surface area contributed by atoms with Crippen molar-refractivity contribution in [3.8, 4) is 0 Å². The fourth-order valence-electron chi connectivity index (χ4n) is 3.51. The molecule has 0 aliphatic carbocycles. The Morgan fingerprint density at radius 1 is 1.29 bits per heavy atom. The second-order valence-electron chi connectivity index (χ2n) is 7.47. The van der Waals surface area contributed by atoms with Gasteiger partial charge < -0.3 is 4.98 Å². The van der Waals surface area contributed by atoms with Crippen LogP contribution in [0.15, 0.2) is 62.9 Å². The Morgan fingerprint density at radius 2 is 2.10 bits per heavy atom. The molecule has 0 radical (unpaired) electrons. The highest BCUT2D eigenvalue weighted by atomic mass is 32.2. The zero-order chi connectivity index (χ0) is 21.8. The molecule has 0 saturated carbocycles. The Hall–Kier alpha value is -2.71. The van der Waals surface area contributed by atoms with Gasteiger partial charge in [-0.2, -0.15) is 5.10 Å². The zero-order valence-electron chi connectivity index (χ0n) is 17.5. The number of thiophene rings is 1. The first-order valence-corrected chi connectivity index (χ1v) is 12.1. The summed E-state index contributed by atoms with van der Waals surface area (Å²) in [5, 5.41) is 8.78. The van der Waals surface area contributed by atoms with Crippen molar-refractivity contribution >= 4 is 34.7 Å². The van der Waals surface area contributed by atoms with Crippen molar-refractivity contribution in [2.75, 3.05) is 5.75 Å². The number of hydrazone groups is 1. The van der Waals surface area contributed by atoms with Crippen LogP contribution in [0.3, 0.4) is 0 Å². The summed E-state index contributed by atoms with van der Waals surface area (Å²) in [4.78, 5) is 33.3. The van der Waals surface area contributed by atoms with Crippen molar-refractivity contribution in [1.82, 2.24) is 15.0 Å². The molecule has 160 valence electrons. The van der Waals surface area contributed by atoms with Crippen LogP contribution in [0.2, 0.25) is 0 Å². The Kier molecular flexibility index (Phi) is 6.67. The third-order valence-electron chi connectivity index (χ3n) is 5.05. The molecule has 31 heavy (non-hydrogen) atoms. The zero-order valence-corrected chi connectivity index (χ0v) is 19.1. The van der Waals surface area contributed by atoms with Crippen molar-refractivity contribution in [2.45, 2.75) is 44.3 Å². The summed E-state index contributed by atoms with van der Waals surface area (Å²) in [6, 6.07) is 13.7. The van der Waals surface area contributed by atoms with E-state index in [2.05, 4.69) is 34.2 Å². The lowest BCUT2D eigenvalue weighted by atomic mass is 10.00. The third-order valence-corrected chi connectivity index (χ3v) is 6.82. The van der Waals surface area contributed by atoms with Gasteiger partial charge in [0.25, 0.3) is 11.5 Å². The predicted molar refractivity (Wildman–Crippen MR) is 126 cm³/mol. The quantitative estimate of drug-likeness (QED) is 0.421. The number of rotatable bonds is 7. The lowest BCUT2D eigenvalue weighted by Gasteiger charge is -2.22. The Labute approximate surface area is 189 Å². The summed E-state index contributed by atoms with van der Waals surface area (Å²) >= 11 is 2.87. The van der Waals surface area contributed by atoms with E-state index < -0.39 is 0 Å². The Morgan fingerprint density at radius 3 is 2.81 bits per heavy atom. The lowest BCUT2D eigenvalue weighted by Crippen LogP contribution is -2.28. The molecule has 1 N–H and O–H groups in total. The number of benzene rings is 1. The molecule has 8 heteroatoms. The summed E-state index contributed by atoms with van der Waals surface area (Å²) in [6.45, 7) is 4.09. The number of carbonyl (C=O) groups is 1. The average molecular weight is 453 g/mol. The summed E-state index contributed by atoms with van der Waals surface area (Å²) in [5.41, 5.74) is 3.73. The number of aromatic amines is 1. The molecule has 1 unspecified atom stereocenters. The first kappa shape index (κ1) is 21.5. The molecule has 3 heterocycles. The number of nitrogens with zero attached hydrogens (tertiary/aromatic N) is 3. The van der Waals surface area contributed by atoms with E-state index >= 15 is 0 Å². The van der Waals surface area contributed by atoms with Gasteiger partial charge in [-0.05, 0) is 30.4 Å². The van der Waals surface area contributed by atoms with Crippen LogP contribution in [-0.4, -0.2) is 32.3 Å². The second kappa shape index (κ2) is 9.62. The topological polar surface area (TPSA) is 78.4 Å². The van der Waals surface area contributed by atoms with Gasteiger partial charge in [-0.25, -0.2) is 9.99 Å². The predicted octanol–water partition coefficient (Wildman–Crippen LogP) is 4.56. The average Bonchev–Trinajstić information content (AvgIpc) is 3.42. The van der Waals surface area contributed by atoms with E-state index in [1.807, 2.05) is 31.4 Å². The number of carbonyl (C=O) groups excluding carboxylic acids is 1. The molecule has 1 atom stereocenters. The lowest BCUT2D eigenvalue weighted by molar-refractivity contribution is -0.130. The van der Waals surface area contributed by atoms with Gasteiger partial charge in [-0.15, -0.1) is 11.3 Å². The molecule has 1 aliphatic rings. The molecule has 0 saturated heterocycles. The van der Waals surface area contributed by atoms with E-state index in [0.29, 0.717) is 11.6 Å². The molecule has 0 bridgehead atoms. The molecule has 1 amide bonds. The maximum Gasteiger partial charge on any atom is 0.253 e. The van der Waals surface area contributed by atoms with E-state index in [1.165, 1.54) is 23.4 Å². The van der Waals surface area contributed by atoms with E-state index in [0.717, 1.165) is 34.7 Å². The summed E-state index contributed by atoms with van der Waals surface area (Å²) in [7, 11) is 0. The highest BCUT2D eigenvalue weighted by molar-refractivity contribution is 7.99. The number of H-pyrrole nitrogens is 1. The van der Waals surface area contributed by atoms with E-state index in [-0.39, 0.29) is 23.3 Å². The molecule has 0 fully saturated rings. The van der Waals surface area contributed by atoms with Crippen LogP contribution in [0.5, 0.6) is 0 Å². The SMILES string of the molecule is CCCc1cc(=O)[nH]c(SCC(=O)N2N=C(c3cccs3)CC2c2ccc(C)cc2)n1. The largest absolute Gasteiger partial charge is 0.301 e. The Bertz CT molecular complexity index is 1140. The van der Waals surface area contributed by atoms with E-state index in [1.54, 1.807) is 16.3 Å². The molecule has 3 aromatic rings. The van der Waals surface area contributed by atoms with Gasteiger partial charge in [0.2, 0.25) is 0 Å². The molecule has 0 spiro atoms. The van der Waals surface area contributed by atoms with Crippen LogP contribution < -0.4 is 5.56 Å². The minimum Gasteiger partial charge on any atom is -0.301 e. The standard InChI is InChI=1S/C23H24N4O2S2/c1-3-5-17-12-21(28)25-23(24-17)31-14-22(29)27-19(16-9-7-15(2)8-10-16)13-18(26-27)20-6-4-11-30-20/h4,6-12,19H,3,5,13-14H2,1-2H3,(H,24,25,28). The van der Waals surface area contributed by atoms with Gasteiger partial charge in [-0.1, -0.05) is 61.0 Å². The number of thioether (sulfide) groups is 1. The van der Waals surface area contributed by atoms with E-state index in [9.17, 15) is 9.59 Å². The van der Waals surface area contributed by atoms with Crippen LogP contribution in [0.1, 0.15) is 47.5 Å². The van der Waals surface area contributed by atoms with Crippen molar-refractivity contribution in [3.05, 3.63) is 79.9 Å². The molecule has 1 aliphatic heterocycles.